The summed E-state index contributed by atoms with van der Waals surface area (Å²) in [5.74, 6) is 0. The average Bonchev–Trinajstić information content (AvgIpc) is 2.87. The molecule has 1 aromatic carbocycles. The second-order valence-corrected chi connectivity index (χ2v) is 4.78. The molecule has 19 heavy (non-hydrogen) atoms. The molecule has 102 valence electrons. The summed E-state index contributed by atoms with van der Waals surface area (Å²) in [5.41, 5.74) is 2.40. The number of hydrogen-bond donors (Lipinski definition) is 1. The molecule has 1 N–H and O–H groups in total. The standard InChI is InChI=1S/C13H13F3N2S/c14-13(15,16)12-4-2-1-3-10(12)7-17-6-5-11-8-19-9-18-11/h1-4,8-9,17H,5-7H2. The zero-order chi connectivity index (χ0) is 13.7. The quantitative estimate of drug-likeness (QED) is 0.851. The summed E-state index contributed by atoms with van der Waals surface area (Å²) in [5, 5.41) is 4.95. The molecule has 1 heterocycles. The van der Waals surface area contributed by atoms with Gasteiger partial charge in [-0.05, 0) is 11.6 Å². The van der Waals surface area contributed by atoms with Crippen LogP contribution in [0.3, 0.4) is 0 Å². The van der Waals surface area contributed by atoms with E-state index in [-0.39, 0.29) is 12.1 Å². The van der Waals surface area contributed by atoms with Crippen molar-refractivity contribution < 1.29 is 13.2 Å². The van der Waals surface area contributed by atoms with Crippen molar-refractivity contribution in [2.75, 3.05) is 6.54 Å². The Morgan fingerprint density at radius 3 is 2.68 bits per heavy atom. The molecule has 2 nitrogen and oxygen atoms in total. The fourth-order valence-electron chi connectivity index (χ4n) is 1.75. The number of benzene rings is 1. The fourth-order valence-corrected chi connectivity index (χ4v) is 2.34. The molecule has 0 amide bonds. The molecule has 0 fully saturated rings. The lowest BCUT2D eigenvalue weighted by Crippen LogP contribution is -2.19. The van der Waals surface area contributed by atoms with Crippen LogP contribution in [0.1, 0.15) is 16.8 Å². The van der Waals surface area contributed by atoms with Crippen molar-refractivity contribution in [3.05, 3.63) is 52.0 Å². The first kappa shape index (κ1) is 14.0. The topological polar surface area (TPSA) is 24.9 Å². The first-order chi connectivity index (χ1) is 9.07. The van der Waals surface area contributed by atoms with Crippen molar-refractivity contribution in [2.24, 2.45) is 0 Å². The third-order valence-electron chi connectivity index (χ3n) is 2.68. The molecule has 2 rings (SSSR count). The molecule has 6 heteroatoms. The van der Waals surface area contributed by atoms with Crippen molar-refractivity contribution in [3.8, 4) is 0 Å². The SMILES string of the molecule is FC(F)(F)c1ccccc1CNCCc1cscn1. The van der Waals surface area contributed by atoms with Gasteiger partial charge in [-0.3, -0.25) is 0 Å². The lowest BCUT2D eigenvalue weighted by Gasteiger charge is -2.12. The Balaban J connectivity index is 1.89. The first-order valence-corrected chi connectivity index (χ1v) is 6.74. The van der Waals surface area contributed by atoms with Gasteiger partial charge in [0.1, 0.15) is 0 Å². The number of thiazole rings is 1. The van der Waals surface area contributed by atoms with Crippen LogP contribution in [-0.2, 0) is 19.1 Å². The van der Waals surface area contributed by atoms with Crippen molar-refractivity contribution in [2.45, 2.75) is 19.1 Å². The summed E-state index contributed by atoms with van der Waals surface area (Å²) in [6, 6.07) is 5.63. The largest absolute Gasteiger partial charge is 0.416 e. The zero-order valence-corrected chi connectivity index (χ0v) is 10.9. The van der Waals surface area contributed by atoms with Crippen molar-refractivity contribution >= 4 is 11.3 Å². The number of hydrogen-bond acceptors (Lipinski definition) is 3. The summed E-state index contributed by atoms with van der Waals surface area (Å²) in [6.07, 6.45) is -3.58. The molecule has 0 atom stereocenters. The van der Waals surface area contributed by atoms with Gasteiger partial charge in [-0.25, -0.2) is 4.98 Å². The third kappa shape index (κ3) is 4.04. The van der Waals surface area contributed by atoms with E-state index in [0.29, 0.717) is 6.54 Å². The average molecular weight is 286 g/mol. The van der Waals surface area contributed by atoms with E-state index in [1.54, 1.807) is 11.6 Å². The molecule has 1 aromatic heterocycles. The highest BCUT2D eigenvalue weighted by atomic mass is 32.1. The zero-order valence-electron chi connectivity index (χ0n) is 10.1. The van der Waals surface area contributed by atoms with Crippen molar-refractivity contribution in [3.63, 3.8) is 0 Å². The minimum atomic E-state index is -4.30. The van der Waals surface area contributed by atoms with Gasteiger partial charge in [0.15, 0.2) is 0 Å². The lowest BCUT2D eigenvalue weighted by atomic mass is 10.1. The second kappa shape index (κ2) is 6.16. The number of rotatable bonds is 5. The Kier molecular flexibility index (Phi) is 4.55. The monoisotopic (exact) mass is 286 g/mol. The summed E-state index contributed by atoms with van der Waals surface area (Å²) in [6.45, 7) is 0.815. The maximum Gasteiger partial charge on any atom is 0.416 e. The van der Waals surface area contributed by atoms with Gasteiger partial charge in [0.05, 0.1) is 16.8 Å². The first-order valence-electron chi connectivity index (χ1n) is 5.80. The van der Waals surface area contributed by atoms with Crippen LogP contribution in [0.4, 0.5) is 13.2 Å². The van der Waals surface area contributed by atoms with E-state index in [0.717, 1.165) is 18.2 Å². The molecule has 2 aromatic rings. The molecule has 0 spiro atoms. The molecule has 0 saturated carbocycles. The summed E-state index contributed by atoms with van der Waals surface area (Å²) in [7, 11) is 0. The van der Waals surface area contributed by atoms with Crippen LogP contribution in [0, 0.1) is 0 Å². The van der Waals surface area contributed by atoms with Gasteiger partial charge >= 0.3 is 6.18 Å². The van der Waals surface area contributed by atoms with E-state index in [2.05, 4.69) is 10.3 Å². The number of aromatic nitrogens is 1. The lowest BCUT2D eigenvalue weighted by molar-refractivity contribution is -0.138. The van der Waals surface area contributed by atoms with Crippen LogP contribution in [0.2, 0.25) is 0 Å². The Hall–Kier alpha value is -1.40. The van der Waals surface area contributed by atoms with E-state index in [1.165, 1.54) is 23.5 Å². The van der Waals surface area contributed by atoms with Gasteiger partial charge in [-0.15, -0.1) is 11.3 Å². The van der Waals surface area contributed by atoms with Crippen LogP contribution in [-0.4, -0.2) is 11.5 Å². The maximum atomic E-state index is 12.7. The normalized spacial score (nSPS) is 11.7. The van der Waals surface area contributed by atoms with E-state index in [1.807, 2.05) is 5.38 Å². The number of nitrogens with zero attached hydrogens (tertiary/aromatic N) is 1. The summed E-state index contributed by atoms with van der Waals surface area (Å²) >= 11 is 1.51. The van der Waals surface area contributed by atoms with E-state index >= 15 is 0 Å². The summed E-state index contributed by atoms with van der Waals surface area (Å²) < 4.78 is 38.2. The van der Waals surface area contributed by atoms with Crippen LogP contribution < -0.4 is 5.32 Å². The van der Waals surface area contributed by atoms with Crippen molar-refractivity contribution in [1.82, 2.24) is 10.3 Å². The molecule has 0 unspecified atom stereocenters. The molecular formula is C13H13F3N2S. The molecule has 0 aliphatic heterocycles. The van der Waals surface area contributed by atoms with Gasteiger partial charge in [-0.1, -0.05) is 18.2 Å². The van der Waals surface area contributed by atoms with Gasteiger partial charge in [-0.2, -0.15) is 13.2 Å². The van der Waals surface area contributed by atoms with Crippen LogP contribution in [0.25, 0.3) is 0 Å². The highest BCUT2D eigenvalue weighted by Crippen LogP contribution is 2.31. The number of nitrogens with one attached hydrogen (secondary N) is 1. The van der Waals surface area contributed by atoms with Crippen LogP contribution >= 0.6 is 11.3 Å². The minimum Gasteiger partial charge on any atom is -0.312 e. The predicted octanol–water partition coefficient (Wildman–Crippen LogP) is 3.49. The number of alkyl halides is 3. The highest BCUT2D eigenvalue weighted by molar-refractivity contribution is 7.07. The predicted molar refractivity (Wildman–Crippen MR) is 69.0 cm³/mol. The Bertz CT molecular complexity index is 509. The van der Waals surface area contributed by atoms with Crippen LogP contribution in [0.15, 0.2) is 35.2 Å². The second-order valence-electron chi connectivity index (χ2n) is 4.06. The molecular weight excluding hydrogens is 273 g/mol. The molecule has 0 aliphatic carbocycles. The van der Waals surface area contributed by atoms with E-state index in [4.69, 9.17) is 0 Å². The van der Waals surface area contributed by atoms with E-state index < -0.39 is 11.7 Å². The van der Waals surface area contributed by atoms with Crippen LogP contribution in [0.5, 0.6) is 0 Å². The highest BCUT2D eigenvalue weighted by Gasteiger charge is 2.32. The Morgan fingerprint density at radius 1 is 1.21 bits per heavy atom. The van der Waals surface area contributed by atoms with Crippen molar-refractivity contribution in [1.29, 1.82) is 0 Å². The maximum absolute atomic E-state index is 12.7. The van der Waals surface area contributed by atoms with Gasteiger partial charge in [0, 0.05) is 24.9 Å². The molecule has 0 saturated heterocycles. The molecule has 0 bridgehead atoms. The number of halogens is 3. The smallest absolute Gasteiger partial charge is 0.312 e. The Labute approximate surface area is 113 Å². The van der Waals surface area contributed by atoms with E-state index in [9.17, 15) is 13.2 Å². The van der Waals surface area contributed by atoms with Gasteiger partial charge < -0.3 is 5.32 Å². The fraction of sp³-hybridized carbons (Fsp3) is 0.308. The third-order valence-corrected chi connectivity index (χ3v) is 3.31. The molecule has 0 aliphatic rings. The van der Waals surface area contributed by atoms with Gasteiger partial charge in [0.25, 0.3) is 0 Å². The summed E-state index contributed by atoms with van der Waals surface area (Å²) in [4.78, 5) is 4.12. The Morgan fingerprint density at radius 2 is 2.00 bits per heavy atom. The van der Waals surface area contributed by atoms with Gasteiger partial charge in [0.2, 0.25) is 0 Å². The molecule has 0 radical (unpaired) electrons. The minimum absolute atomic E-state index is 0.208.